The molecule has 1 saturated carbocycles. The van der Waals surface area contributed by atoms with Gasteiger partial charge in [0.2, 0.25) is 0 Å². The zero-order valence-electron chi connectivity index (χ0n) is 10.1. The molecule has 2 rings (SSSR count). The third-order valence-electron chi connectivity index (χ3n) is 3.90. The predicted molar refractivity (Wildman–Crippen MR) is 63.6 cm³/mol. The van der Waals surface area contributed by atoms with Crippen molar-refractivity contribution in [1.29, 1.82) is 0 Å². The Hall–Kier alpha value is -0.620. The van der Waals surface area contributed by atoms with Crippen molar-refractivity contribution in [2.75, 3.05) is 25.1 Å². The number of aliphatic carboxylic acids is 1. The summed E-state index contributed by atoms with van der Waals surface area (Å²) in [6, 6.07) is 0.0752. The Kier molecular flexibility index (Phi) is 3.20. The van der Waals surface area contributed by atoms with E-state index in [0.717, 1.165) is 12.8 Å². The lowest BCUT2D eigenvalue weighted by molar-refractivity contribution is -0.138. The van der Waals surface area contributed by atoms with Gasteiger partial charge in [-0.2, -0.15) is 0 Å². The van der Waals surface area contributed by atoms with Crippen LogP contribution < -0.4 is 0 Å². The van der Waals surface area contributed by atoms with E-state index in [2.05, 4.69) is 0 Å². The van der Waals surface area contributed by atoms with Gasteiger partial charge in [-0.3, -0.25) is 4.79 Å². The molecule has 5 nitrogen and oxygen atoms in total. The molecule has 0 bridgehead atoms. The summed E-state index contributed by atoms with van der Waals surface area (Å²) in [5.74, 6) is -0.254. The van der Waals surface area contributed by atoms with Gasteiger partial charge in [0.05, 0.1) is 17.9 Å². The predicted octanol–water partition coefficient (Wildman–Crippen LogP) is 0.360. The minimum absolute atomic E-state index is 0.0752. The second-order valence-corrected chi connectivity index (χ2v) is 7.77. The van der Waals surface area contributed by atoms with E-state index in [9.17, 15) is 13.2 Å². The Balaban J connectivity index is 1.90. The molecule has 1 N–H and O–H groups in total. The smallest absolute Gasteiger partial charge is 0.303 e. The molecule has 1 aliphatic carbocycles. The van der Waals surface area contributed by atoms with Crippen LogP contribution in [0.2, 0.25) is 0 Å². The SMILES string of the molecule is CN(CC1(CC(=O)O)CC1)C1CCS(=O)(=O)C1. The third kappa shape index (κ3) is 3.19. The van der Waals surface area contributed by atoms with Crippen LogP contribution in [-0.2, 0) is 14.6 Å². The van der Waals surface area contributed by atoms with Gasteiger partial charge >= 0.3 is 5.97 Å². The Morgan fingerprint density at radius 3 is 2.53 bits per heavy atom. The molecule has 0 radical (unpaired) electrons. The first-order valence-corrected chi connectivity index (χ1v) is 7.77. The molecular formula is C11H19NO4S. The zero-order chi connectivity index (χ0) is 12.7. The Bertz CT molecular complexity index is 413. The van der Waals surface area contributed by atoms with E-state index in [1.807, 2.05) is 11.9 Å². The van der Waals surface area contributed by atoms with Crippen LogP contribution >= 0.6 is 0 Å². The summed E-state index contributed by atoms with van der Waals surface area (Å²) in [7, 11) is -0.947. The average molecular weight is 261 g/mol. The highest BCUT2D eigenvalue weighted by Gasteiger charge is 2.46. The Morgan fingerprint density at radius 2 is 2.12 bits per heavy atom. The summed E-state index contributed by atoms with van der Waals surface area (Å²) < 4.78 is 22.8. The summed E-state index contributed by atoms with van der Waals surface area (Å²) in [6.07, 6.45) is 2.78. The van der Waals surface area contributed by atoms with Gasteiger partial charge in [-0.25, -0.2) is 8.42 Å². The van der Waals surface area contributed by atoms with Crippen LogP contribution in [0.25, 0.3) is 0 Å². The fourth-order valence-corrected chi connectivity index (χ4v) is 4.47. The maximum Gasteiger partial charge on any atom is 0.303 e. The quantitative estimate of drug-likeness (QED) is 0.773. The van der Waals surface area contributed by atoms with Gasteiger partial charge in [-0.1, -0.05) is 0 Å². The number of carbonyl (C=O) groups is 1. The van der Waals surface area contributed by atoms with Gasteiger partial charge < -0.3 is 10.0 Å². The fraction of sp³-hybridized carbons (Fsp3) is 0.909. The zero-order valence-corrected chi connectivity index (χ0v) is 10.9. The third-order valence-corrected chi connectivity index (χ3v) is 5.65. The number of rotatable bonds is 5. The molecule has 2 aliphatic rings. The van der Waals surface area contributed by atoms with Crippen LogP contribution in [0.1, 0.15) is 25.7 Å². The second-order valence-electron chi connectivity index (χ2n) is 5.54. The highest BCUT2D eigenvalue weighted by molar-refractivity contribution is 7.91. The lowest BCUT2D eigenvalue weighted by Crippen LogP contribution is -2.37. The molecule has 98 valence electrons. The molecule has 0 aromatic carbocycles. The highest BCUT2D eigenvalue weighted by atomic mass is 32.2. The summed E-state index contributed by atoms with van der Waals surface area (Å²) in [4.78, 5) is 12.8. The molecule has 1 aliphatic heterocycles. The van der Waals surface area contributed by atoms with Crippen molar-refractivity contribution in [2.45, 2.75) is 31.7 Å². The molecule has 0 amide bonds. The van der Waals surface area contributed by atoms with E-state index in [0.29, 0.717) is 13.0 Å². The van der Waals surface area contributed by atoms with Crippen molar-refractivity contribution in [3.8, 4) is 0 Å². The van der Waals surface area contributed by atoms with Crippen molar-refractivity contribution in [3.05, 3.63) is 0 Å². The van der Waals surface area contributed by atoms with E-state index in [1.54, 1.807) is 0 Å². The second kappa shape index (κ2) is 4.24. The van der Waals surface area contributed by atoms with Crippen molar-refractivity contribution in [2.24, 2.45) is 5.41 Å². The minimum atomic E-state index is -2.86. The molecule has 2 fully saturated rings. The topological polar surface area (TPSA) is 74.7 Å². The fourth-order valence-electron chi connectivity index (χ4n) is 2.67. The van der Waals surface area contributed by atoms with Crippen molar-refractivity contribution < 1.29 is 18.3 Å². The maximum atomic E-state index is 11.4. The van der Waals surface area contributed by atoms with Gasteiger partial charge in [-0.15, -0.1) is 0 Å². The van der Waals surface area contributed by atoms with E-state index < -0.39 is 15.8 Å². The standard InChI is InChI=1S/C11H19NO4S/c1-12(9-2-5-17(15,16)7-9)8-11(3-4-11)6-10(13)14/h9H,2-8H2,1H3,(H,13,14). The van der Waals surface area contributed by atoms with Crippen molar-refractivity contribution in [1.82, 2.24) is 4.90 Å². The van der Waals surface area contributed by atoms with E-state index in [-0.39, 0.29) is 29.4 Å². The van der Waals surface area contributed by atoms with Crippen LogP contribution in [0, 0.1) is 5.41 Å². The summed E-state index contributed by atoms with van der Waals surface area (Å²) >= 11 is 0. The summed E-state index contributed by atoms with van der Waals surface area (Å²) in [5.41, 5.74) is -0.0903. The Morgan fingerprint density at radius 1 is 1.47 bits per heavy atom. The first-order valence-electron chi connectivity index (χ1n) is 5.94. The highest BCUT2D eigenvalue weighted by Crippen LogP contribution is 2.49. The van der Waals surface area contributed by atoms with E-state index in [4.69, 9.17) is 5.11 Å². The van der Waals surface area contributed by atoms with E-state index >= 15 is 0 Å². The van der Waals surface area contributed by atoms with Crippen LogP contribution in [-0.4, -0.2) is 55.5 Å². The largest absolute Gasteiger partial charge is 0.481 e. The van der Waals surface area contributed by atoms with Gasteiger partial charge in [0.1, 0.15) is 0 Å². The van der Waals surface area contributed by atoms with Crippen LogP contribution in [0.15, 0.2) is 0 Å². The van der Waals surface area contributed by atoms with Gasteiger partial charge in [0.15, 0.2) is 9.84 Å². The molecular weight excluding hydrogens is 242 g/mol. The number of sulfone groups is 1. The number of nitrogens with zero attached hydrogens (tertiary/aromatic N) is 1. The van der Waals surface area contributed by atoms with Crippen molar-refractivity contribution in [3.63, 3.8) is 0 Å². The minimum Gasteiger partial charge on any atom is -0.481 e. The molecule has 1 atom stereocenters. The molecule has 0 spiro atoms. The van der Waals surface area contributed by atoms with Crippen molar-refractivity contribution >= 4 is 15.8 Å². The number of hydrogen-bond acceptors (Lipinski definition) is 4. The molecule has 0 aromatic rings. The Labute approximate surface area is 102 Å². The first-order chi connectivity index (χ1) is 7.82. The normalized spacial score (nSPS) is 29.4. The van der Waals surface area contributed by atoms with Gasteiger partial charge in [-0.05, 0) is 31.7 Å². The maximum absolute atomic E-state index is 11.4. The summed E-state index contributed by atoms with van der Waals surface area (Å²) in [5, 5.41) is 8.84. The molecule has 1 unspecified atom stereocenters. The van der Waals surface area contributed by atoms with Gasteiger partial charge in [0.25, 0.3) is 0 Å². The molecule has 1 saturated heterocycles. The van der Waals surface area contributed by atoms with Gasteiger partial charge in [0, 0.05) is 12.6 Å². The lowest BCUT2D eigenvalue weighted by Gasteiger charge is -2.27. The van der Waals surface area contributed by atoms with E-state index in [1.165, 1.54) is 0 Å². The van der Waals surface area contributed by atoms with Crippen LogP contribution in [0.5, 0.6) is 0 Å². The summed E-state index contributed by atoms with van der Waals surface area (Å²) in [6.45, 7) is 0.708. The van der Waals surface area contributed by atoms with Crippen LogP contribution in [0.3, 0.4) is 0 Å². The first kappa shape index (κ1) is 12.8. The number of carboxylic acid groups (broad SMARTS) is 1. The molecule has 1 heterocycles. The molecule has 17 heavy (non-hydrogen) atoms. The lowest BCUT2D eigenvalue weighted by atomic mass is 10.0. The monoisotopic (exact) mass is 261 g/mol. The number of hydrogen-bond donors (Lipinski definition) is 1. The molecule has 0 aromatic heterocycles. The average Bonchev–Trinajstić information content (AvgIpc) is 2.80. The van der Waals surface area contributed by atoms with Crippen LogP contribution in [0.4, 0.5) is 0 Å². The molecule has 6 heteroatoms. The number of carboxylic acids is 1.